The lowest BCUT2D eigenvalue weighted by atomic mass is 9.36. The van der Waals surface area contributed by atoms with Crippen molar-refractivity contribution >= 4 is 11.8 Å². The molecule has 11 atom stereocenters. The number of carbonyl (C=O) groups is 2. The molecule has 2 bridgehead atoms. The van der Waals surface area contributed by atoms with Crippen LogP contribution >= 0.6 is 0 Å². The Bertz CT molecular complexity index is 1030. The highest BCUT2D eigenvalue weighted by Crippen LogP contribution is 2.71. The second-order valence-corrected chi connectivity index (χ2v) is 13.6. The molecule has 2 N–H and O–H groups in total. The molecular formula is C30H44O8. The van der Waals surface area contributed by atoms with E-state index in [0.29, 0.717) is 38.1 Å². The minimum atomic E-state index is -0.897. The van der Waals surface area contributed by atoms with E-state index in [1.165, 1.54) is 0 Å². The number of ketones is 1. The van der Waals surface area contributed by atoms with Gasteiger partial charge in [-0.3, -0.25) is 4.79 Å². The predicted molar refractivity (Wildman–Crippen MR) is 137 cm³/mol. The number of methoxy groups -OCH3 is 1. The Morgan fingerprint density at radius 3 is 2.55 bits per heavy atom. The fraction of sp³-hybridized carbons (Fsp3) is 0.867. The third-order valence-corrected chi connectivity index (χ3v) is 12.0. The number of fused-ring (bicyclic) bond motifs is 3. The molecule has 212 valence electrons. The van der Waals surface area contributed by atoms with Crippen LogP contribution in [-0.4, -0.2) is 72.0 Å². The fourth-order valence-electron chi connectivity index (χ4n) is 9.81. The molecule has 2 aliphatic heterocycles. The number of hydrogen-bond donors (Lipinski definition) is 2. The van der Waals surface area contributed by atoms with Gasteiger partial charge >= 0.3 is 5.97 Å². The largest absolute Gasteiger partial charge is 0.458 e. The zero-order chi connectivity index (χ0) is 27.1. The molecule has 8 heteroatoms. The van der Waals surface area contributed by atoms with Crippen LogP contribution in [0.15, 0.2) is 11.6 Å². The minimum absolute atomic E-state index is 0.0677. The first-order chi connectivity index (χ1) is 18.0. The van der Waals surface area contributed by atoms with E-state index in [4.69, 9.17) is 18.9 Å². The van der Waals surface area contributed by atoms with Crippen molar-refractivity contribution in [3.8, 4) is 0 Å². The van der Waals surface area contributed by atoms with Gasteiger partial charge in [0, 0.05) is 42.3 Å². The molecule has 0 aromatic carbocycles. The average Bonchev–Trinajstić information content (AvgIpc) is 3.29. The van der Waals surface area contributed by atoms with Crippen molar-refractivity contribution in [1.29, 1.82) is 0 Å². The first-order valence-corrected chi connectivity index (χ1v) is 14.6. The van der Waals surface area contributed by atoms with Crippen molar-refractivity contribution < 1.29 is 38.7 Å². The Hall–Kier alpha value is -1.32. The molecule has 1 saturated heterocycles. The summed E-state index contributed by atoms with van der Waals surface area (Å²) in [7, 11) is 1.59. The Morgan fingerprint density at radius 2 is 1.84 bits per heavy atom. The molecular weight excluding hydrogens is 488 g/mol. The molecule has 1 spiro atoms. The Kier molecular flexibility index (Phi) is 6.44. The number of rotatable bonds is 4. The minimum Gasteiger partial charge on any atom is -0.458 e. The van der Waals surface area contributed by atoms with E-state index in [-0.39, 0.29) is 41.5 Å². The van der Waals surface area contributed by atoms with E-state index in [9.17, 15) is 19.8 Å². The summed E-state index contributed by atoms with van der Waals surface area (Å²) in [5, 5.41) is 22.5. The summed E-state index contributed by atoms with van der Waals surface area (Å²) in [5.74, 6) is 0.276. The number of esters is 1. The Morgan fingerprint density at radius 1 is 1.05 bits per heavy atom. The summed E-state index contributed by atoms with van der Waals surface area (Å²) >= 11 is 0. The summed E-state index contributed by atoms with van der Waals surface area (Å²) < 4.78 is 23.0. The van der Waals surface area contributed by atoms with Crippen LogP contribution in [0.4, 0.5) is 0 Å². The number of hydrogen-bond acceptors (Lipinski definition) is 8. The van der Waals surface area contributed by atoms with Gasteiger partial charge in [-0.1, -0.05) is 13.8 Å². The van der Waals surface area contributed by atoms with Crippen LogP contribution in [0.2, 0.25) is 0 Å². The van der Waals surface area contributed by atoms with E-state index in [2.05, 4.69) is 13.8 Å². The van der Waals surface area contributed by atoms with Gasteiger partial charge < -0.3 is 29.2 Å². The maximum absolute atomic E-state index is 14.4. The lowest BCUT2D eigenvalue weighted by molar-refractivity contribution is -0.287. The predicted octanol–water partition coefficient (Wildman–Crippen LogP) is 3.46. The van der Waals surface area contributed by atoms with Crippen molar-refractivity contribution in [2.24, 2.45) is 28.1 Å². The number of aliphatic hydroxyl groups is 2. The van der Waals surface area contributed by atoms with Gasteiger partial charge in [-0.15, -0.1) is 0 Å². The molecule has 4 aliphatic carbocycles. The summed E-state index contributed by atoms with van der Waals surface area (Å²) in [5.41, 5.74) is -1.14. The van der Waals surface area contributed by atoms with Crippen LogP contribution < -0.4 is 0 Å². The molecule has 0 aromatic rings. The van der Waals surface area contributed by atoms with Gasteiger partial charge in [-0.25, -0.2) is 4.79 Å². The number of carbonyl (C=O) groups excluding carboxylic acids is 2. The van der Waals surface area contributed by atoms with Gasteiger partial charge in [0.2, 0.25) is 0 Å². The van der Waals surface area contributed by atoms with E-state index in [0.717, 1.165) is 44.1 Å². The number of cyclic esters (lactones) is 1. The van der Waals surface area contributed by atoms with E-state index >= 15 is 0 Å². The SMILES string of the molecule is CO[C@H]1C[C@H](O[C@H]2CC[C@]3(C)[C@@H]4CC[C@@]5(C)C(=O)[C@@]4(CC[C@@H]5C4=CC(=O)OC4)CC[C@]3(O)C2)O[C@H](C)[C@H]1O. The highest BCUT2D eigenvalue weighted by Gasteiger charge is 2.71. The van der Waals surface area contributed by atoms with Crippen LogP contribution in [-0.2, 0) is 28.5 Å². The van der Waals surface area contributed by atoms with Crippen LogP contribution in [0.25, 0.3) is 0 Å². The fourth-order valence-corrected chi connectivity index (χ4v) is 9.81. The van der Waals surface area contributed by atoms with Crippen LogP contribution in [0.3, 0.4) is 0 Å². The van der Waals surface area contributed by atoms with Crippen LogP contribution in [0.1, 0.15) is 85.0 Å². The first kappa shape index (κ1) is 26.9. The van der Waals surface area contributed by atoms with E-state index in [1.54, 1.807) is 13.2 Å². The second kappa shape index (κ2) is 9.10. The monoisotopic (exact) mass is 532 g/mol. The van der Waals surface area contributed by atoms with Crippen LogP contribution in [0, 0.1) is 28.1 Å². The van der Waals surface area contributed by atoms with Gasteiger partial charge in [0.1, 0.15) is 18.5 Å². The van der Waals surface area contributed by atoms with Gasteiger partial charge in [0.25, 0.3) is 0 Å². The zero-order valence-corrected chi connectivity index (χ0v) is 23.2. The molecule has 2 heterocycles. The lowest BCUT2D eigenvalue weighted by Crippen LogP contribution is -2.69. The van der Waals surface area contributed by atoms with Gasteiger partial charge in [0.15, 0.2) is 6.29 Å². The highest BCUT2D eigenvalue weighted by atomic mass is 16.7. The maximum Gasteiger partial charge on any atom is 0.331 e. The van der Waals surface area contributed by atoms with Crippen molar-refractivity contribution in [3.63, 3.8) is 0 Å². The van der Waals surface area contributed by atoms with E-state index in [1.807, 2.05) is 6.92 Å². The molecule has 0 aromatic heterocycles. The molecule has 6 rings (SSSR count). The molecule has 0 amide bonds. The molecule has 0 radical (unpaired) electrons. The molecule has 0 unspecified atom stereocenters. The van der Waals surface area contributed by atoms with Gasteiger partial charge in [0.05, 0.1) is 23.9 Å². The Labute approximate surface area is 225 Å². The first-order valence-electron chi connectivity index (χ1n) is 14.6. The van der Waals surface area contributed by atoms with Crippen molar-refractivity contribution in [1.82, 2.24) is 0 Å². The second-order valence-electron chi connectivity index (χ2n) is 13.6. The number of aliphatic hydroxyl groups excluding tert-OH is 1. The summed E-state index contributed by atoms with van der Waals surface area (Å²) in [6.45, 7) is 6.48. The molecule has 8 nitrogen and oxygen atoms in total. The van der Waals surface area contributed by atoms with Gasteiger partial charge in [-0.05, 0) is 75.7 Å². The summed E-state index contributed by atoms with van der Waals surface area (Å²) in [4.78, 5) is 26.2. The topological polar surface area (TPSA) is 112 Å². The van der Waals surface area contributed by atoms with Crippen LogP contribution in [0.5, 0.6) is 0 Å². The quantitative estimate of drug-likeness (QED) is 0.418. The molecule has 6 aliphatic rings. The summed E-state index contributed by atoms with van der Waals surface area (Å²) in [6, 6.07) is 0. The third-order valence-electron chi connectivity index (χ3n) is 12.0. The smallest absolute Gasteiger partial charge is 0.331 e. The Balaban J connectivity index is 1.20. The average molecular weight is 533 g/mol. The van der Waals surface area contributed by atoms with Gasteiger partial charge in [-0.2, -0.15) is 0 Å². The van der Waals surface area contributed by atoms with Crippen molar-refractivity contribution in [2.75, 3.05) is 13.7 Å². The molecule has 5 fully saturated rings. The standard InChI is InChI=1S/C30H44O8/c1-17-25(32)21(35-4)14-24(37-17)38-19-5-9-28(3)22-7-8-27(2)20(18-13-23(31)36-16-18)6-10-29(22,26(27)33)11-12-30(28,34)15-19/h13,17,19-22,24-25,32,34H,5-12,14-16H2,1-4H3/t17-,19+,20-,21+,22+,24+,25-,27-,28-,29+,30+/m1/s1. The van der Waals surface area contributed by atoms with Crippen molar-refractivity contribution in [3.05, 3.63) is 11.6 Å². The molecule has 38 heavy (non-hydrogen) atoms. The highest BCUT2D eigenvalue weighted by molar-refractivity contribution is 5.94. The number of Topliss-reactive ketones (excluding diaryl/α,β-unsaturated/α-hetero) is 1. The summed E-state index contributed by atoms with van der Waals surface area (Å²) in [6.07, 6.45) is 6.93. The lowest BCUT2D eigenvalue weighted by Gasteiger charge is -2.68. The number of ether oxygens (including phenoxy) is 4. The molecule has 4 saturated carbocycles. The maximum atomic E-state index is 14.4. The van der Waals surface area contributed by atoms with Crippen molar-refractivity contribution in [2.45, 2.75) is 121 Å². The zero-order valence-electron chi connectivity index (χ0n) is 23.2. The normalized spacial score (nSPS) is 52.6. The van der Waals surface area contributed by atoms with E-state index < -0.39 is 28.8 Å². The third kappa shape index (κ3) is 3.73.